The molecule has 0 N–H and O–H groups in total. The van der Waals surface area contributed by atoms with E-state index >= 15 is 0 Å². The predicted molar refractivity (Wildman–Crippen MR) is 112 cm³/mol. The zero-order valence-electron chi connectivity index (χ0n) is 17.4. The molecule has 29 heavy (non-hydrogen) atoms. The van der Waals surface area contributed by atoms with Crippen LogP contribution in [-0.2, 0) is 11.8 Å². The Morgan fingerprint density at radius 3 is 2.55 bits per heavy atom. The molecule has 152 valence electrons. The monoisotopic (exact) mass is 393 g/mol. The quantitative estimate of drug-likeness (QED) is 0.654. The molecule has 0 aliphatic carbocycles. The molecule has 0 radical (unpaired) electrons. The summed E-state index contributed by atoms with van der Waals surface area (Å²) in [5.74, 6) is 0.405. The van der Waals surface area contributed by atoms with Crippen LogP contribution < -0.4 is 0 Å². The van der Waals surface area contributed by atoms with Crippen molar-refractivity contribution in [2.75, 3.05) is 13.1 Å². The number of likely N-dealkylation sites (tertiary alicyclic amines) is 1. The first kappa shape index (κ1) is 19.4. The lowest BCUT2D eigenvalue weighted by molar-refractivity contribution is 0.0205. The number of hydrogen-bond donors (Lipinski definition) is 0. The van der Waals surface area contributed by atoms with Gasteiger partial charge in [0.15, 0.2) is 0 Å². The van der Waals surface area contributed by atoms with E-state index in [2.05, 4.69) is 22.2 Å². The summed E-state index contributed by atoms with van der Waals surface area (Å²) in [7, 11) is 1.89. The zero-order valence-corrected chi connectivity index (χ0v) is 17.4. The van der Waals surface area contributed by atoms with Gasteiger partial charge in [-0.05, 0) is 57.2 Å². The summed E-state index contributed by atoms with van der Waals surface area (Å²) in [5, 5.41) is 4.21. The molecule has 3 aromatic rings. The molecular formula is C22H27N5O2. The number of carbonyl (C=O) groups excluding carboxylic acids is 1. The van der Waals surface area contributed by atoms with E-state index in [4.69, 9.17) is 9.72 Å². The van der Waals surface area contributed by atoms with Crippen LogP contribution in [0.5, 0.6) is 0 Å². The Morgan fingerprint density at radius 1 is 1.14 bits per heavy atom. The summed E-state index contributed by atoms with van der Waals surface area (Å²) in [4.78, 5) is 23.4. The number of amides is 1. The molecule has 3 heterocycles. The van der Waals surface area contributed by atoms with Gasteiger partial charge in [0, 0.05) is 31.9 Å². The van der Waals surface area contributed by atoms with Crippen LogP contribution in [0.3, 0.4) is 0 Å². The molecule has 1 aromatic carbocycles. The van der Waals surface area contributed by atoms with Crippen molar-refractivity contribution < 1.29 is 9.53 Å². The number of aryl methyl sites for hydroxylation is 1. The van der Waals surface area contributed by atoms with Crippen LogP contribution in [0.4, 0.5) is 4.79 Å². The minimum Gasteiger partial charge on any atom is -0.444 e. The summed E-state index contributed by atoms with van der Waals surface area (Å²) < 4.78 is 7.25. The van der Waals surface area contributed by atoms with Gasteiger partial charge in [0.05, 0.1) is 29.1 Å². The highest BCUT2D eigenvalue weighted by molar-refractivity contribution is 5.77. The van der Waals surface area contributed by atoms with Crippen molar-refractivity contribution in [3.05, 3.63) is 42.4 Å². The third kappa shape index (κ3) is 4.39. The third-order valence-electron chi connectivity index (χ3n) is 5.18. The molecule has 0 spiro atoms. The number of carbonyl (C=O) groups is 1. The molecule has 0 bridgehead atoms. The number of hydrogen-bond acceptors (Lipinski definition) is 5. The van der Waals surface area contributed by atoms with Crippen molar-refractivity contribution in [3.63, 3.8) is 0 Å². The molecule has 7 nitrogen and oxygen atoms in total. The number of ether oxygens (including phenoxy) is 1. The van der Waals surface area contributed by atoms with Gasteiger partial charge in [0.25, 0.3) is 0 Å². The molecule has 1 aliphatic rings. The first-order valence-electron chi connectivity index (χ1n) is 10.0. The topological polar surface area (TPSA) is 73.1 Å². The molecule has 7 heteroatoms. The maximum absolute atomic E-state index is 12.3. The Kier molecular flexibility index (Phi) is 4.98. The second-order valence-electron chi connectivity index (χ2n) is 8.65. The lowest BCUT2D eigenvalue weighted by atomic mass is 9.89. The second kappa shape index (κ2) is 7.46. The van der Waals surface area contributed by atoms with E-state index in [1.807, 2.05) is 45.0 Å². The number of aromatic nitrogens is 4. The Bertz CT molecular complexity index is 1030. The van der Waals surface area contributed by atoms with Gasteiger partial charge < -0.3 is 9.64 Å². The number of nitrogens with zero attached hydrogens (tertiary/aromatic N) is 5. The minimum absolute atomic E-state index is 0.221. The summed E-state index contributed by atoms with van der Waals surface area (Å²) in [6.07, 6.45) is 7.14. The van der Waals surface area contributed by atoms with Crippen molar-refractivity contribution in [2.24, 2.45) is 7.05 Å². The van der Waals surface area contributed by atoms with E-state index in [9.17, 15) is 4.79 Å². The molecule has 1 fully saturated rings. The van der Waals surface area contributed by atoms with Gasteiger partial charge in [-0.25, -0.2) is 9.78 Å². The van der Waals surface area contributed by atoms with Crippen LogP contribution >= 0.6 is 0 Å². The van der Waals surface area contributed by atoms with Crippen LogP contribution in [0.1, 0.15) is 45.1 Å². The molecule has 2 aromatic heterocycles. The third-order valence-corrected chi connectivity index (χ3v) is 5.18. The fraction of sp³-hybridized carbons (Fsp3) is 0.455. The van der Waals surface area contributed by atoms with Gasteiger partial charge >= 0.3 is 6.09 Å². The summed E-state index contributed by atoms with van der Waals surface area (Å²) in [5.41, 5.74) is 4.34. The Balaban J connectivity index is 1.49. The van der Waals surface area contributed by atoms with Gasteiger partial charge in [-0.15, -0.1) is 0 Å². The summed E-state index contributed by atoms with van der Waals surface area (Å²) in [6, 6.07) is 6.30. The predicted octanol–water partition coefficient (Wildman–Crippen LogP) is 4.14. The maximum Gasteiger partial charge on any atom is 0.410 e. The van der Waals surface area contributed by atoms with Gasteiger partial charge in [-0.1, -0.05) is 6.07 Å². The fourth-order valence-electron chi connectivity index (χ4n) is 3.70. The number of benzene rings is 1. The Labute approximate surface area is 170 Å². The first-order chi connectivity index (χ1) is 13.8. The highest BCUT2D eigenvalue weighted by atomic mass is 16.6. The Hall–Kier alpha value is -2.96. The van der Waals surface area contributed by atoms with Gasteiger partial charge in [0.1, 0.15) is 5.60 Å². The van der Waals surface area contributed by atoms with E-state index in [-0.39, 0.29) is 6.09 Å². The number of rotatable bonds is 2. The van der Waals surface area contributed by atoms with E-state index in [0.29, 0.717) is 19.0 Å². The fourth-order valence-corrected chi connectivity index (χ4v) is 3.70. The van der Waals surface area contributed by atoms with Crippen molar-refractivity contribution >= 4 is 17.1 Å². The average Bonchev–Trinajstić information content (AvgIpc) is 3.12. The van der Waals surface area contributed by atoms with Crippen LogP contribution in [0.15, 0.2) is 36.8 Å². The summed E-state index contributed by atoms with van der Waals surface area (Å²) in [6.45, 7) is 7.10. The molecule has 0 unspecified atom stereocenters. The van der Waals surface area contributed by atoms with Crippen LogP contribution in [0.25, 0.3) is 22.3 Å². The van der Waals surface area contributed by atoms with Crippen molar-refractivity contribution in [3.8, 4) is 11.3 Å². The van der Waals surface area contributed by atoms with Crippen molar-refractivity contribution in [1.29, 1.82) is 0 Å². The first-order valence-corrected chi connectivity index (χ1v) is 10.0. The molecule has 1 aliphatic heterocycles. The van der Waals surface area contributed by atoms with Crippen LogP contribution in [0, 0.1) is 0 Å². The largest absolute Gasteiger partial charge is 0.444 e. The average molecular weight is 393 g/mol. The highest BCUT2D eigenvalue weighted by Crippen LogP contribution is 2.30. The van der Waals surface area contributed by atoms with E-state index in [0.717, 1.165) is 35.1 Å². The maximum atomic E-state index is 12.3. The molecule has 4 rings (SSSR count). The lowest BCUT2D eigenvalue weighted by Gasteiger charge is -2.33. The van der Waals surface area contributed by atoms with E-state index < -0.39 is 5.60 Å². The molecule has 1 amide bonds. The number of fused-ring (bicyclic) bond motifs is 1. The SMILES string of the molecule is Cn1cc(-c2cnc3ccc(C4CCN(C(=O)OC(C)(C)C)CC4)cc3n2)cn1. The van der Waals surface area contributed by atoms with Gasteiger partial charge in [-0.2, -0.15) is 5.10 Å². The van der Waals surface area contributed by atoms with E-state index in [1.54, 1.807) is 17.1 Å². The standard InChI is InChI=1S/C22H27N5O2/c1-22(2,3)29-21(28)27-9-7-15(8-10-27)16-5-6-18-19(11-16)25-20(13-23-18)17-12-24-26(4)14-17/h5-6,11-15H,7-10H2,1-4H3. The molecular weight excluding hydrogens is 366 g/mol. The van der Waals surface area contributed by atoms with Gasteiger partial charge in [-0.3, -0.25) is 9.67 Å². The molecule has 0 atom stereocenters. The lowest BCUT2D eigenvalue weighted by Crippen LogP contribution is -2.41. The molecule has 0 saturated carbocycles. The second-order valence-corrected chi connectivity index (χ2v) is 8.65. The normalized spacial score (nSPS) is 15.7. The van der Waals surface area contributed by atoms with Gasteiger partial charge in [0.2, 0.25) is 0 Å². The molecule has 1 saturated heterocycles. The van der Waals surface area contributed by atoms with Crippen molar-refractivity contribution in [2.45, 2.75) is 45.1 Å². The van der Waals surface area contributed by atoms with E-state index in [1.165, 1.54) is 5.56 Å². The number of piperidine rings is 1. The zero-order chi connectivity index (χ0) is 20.6. The smallest absolute Gasteiger partial charge is 0.410 e. The minimum atomic E-state index is -0.461. The van der Waals surface area contributed by atoms with Crippen molar-refractivity contribution in [1.82, 2.24) is 24.6 Å². The summed E-state index contributed by atoms with van der Waals surface area (Å²) >= 11 is 0. The Morgan fingerprint density at radius 2 is 1.90 bits per heavy atom. The highest BCUT2D eigenvalue weighted by Gasteiger charge is 2.27. The van der Waals surface area contributed by atoms with Crippen LogP contribution in [0.2, 0.25) is 0 Å². The van der Waals surface area contributed by atoms with Crippen LogP contribution in [-0.4, -0.2) is 49.4 Å².